The van der Waals surface area contributed by atoms with Crippen molar-refractivity contribution in [2.75, 3.05) is 19.8 Å². The average molecular weight is 570 g/mol. The molecule has 1 aliphatic rings. The zero-order chi connectivity index (χ0) is 30.4. The second-order valence-electron chi connectivity index (χ2n) is 11.7. The SMILES string of the molecule is CC(C)(C)OCC(NC(=O)OC(C)(C)C)C(=O)NCC(NC(=O)OCC1c2ccccc2-c2ccccc21)C(=O)O. The van der Waals surface area contributed by atoms with Crippen molar-refractivity contribution in [3.05, 3.63) is 59.7 Å². The maximum Gasteiger partial charge on any atom is 0.408 e. The monoisotopic (exact) mass is 569 g/mol. The van der Waals surface area contributed by atoms with Crippen LogP contribution in [0.2, 0.25) is 0 Å². The summed E-state index contributed by atoms with van der Waals surface area (Å²) in [5.41, 5.74) is 2.76. The Bertz CT molecular complexity index is 1220. The minimum atomic E-state index is -1.49. The number of hydrogen-bond donors (Lipinski definition) is 4. The molecular weight excluding hydrogens is 530 g/mol. The van der Waals surface area contributed by atoms with Gasteiger partial charge >= 0.3 is 18.2 Å². The molecule has 2 aromatic carbocycles. The molecule has 0 bridgehead atoms. The van der Waals surface area contributed by atoms with Crippen molar-refractivity contribution in [1.29, 1.82) is 0 Å². The molecule has 0 aromatic heterocycles. The number of carboxylic acid groups (broad SMARTS) is 1. The van der Waals surface area contributed by atoms with E-state index in [1.165, 1.54) is 0 Å². The highest BCUT2D eigenvalue weighted by atomic mass is 16.6. The molecule has 11 heteroatoms. The highest BCUT2D eigenvalue weighted by Gasteiger charge is 2.31. The van der Waals surface area contributed by atoms with Crippen LogP contribution in [0.5, 0.6) is 0 Å². The molecule has 3 rings (SSSR count). The molecule has 2 aromatic rings. The number of nitrogens with one attached hydrogen (secondary N) is 3. The molecule has 0 spiro atoms. The first-order chi connectivity index (χ1) is 19.1. The van der Waals surface area contributed by atoms with E-state index in [0.717, 1.165) is 22.3 Å². The Morgan fingerprint density at radius 2 is 1.34 bits per heavy atom. The summed E-state index contributed by atoms with van der Waals surface area (Å²) in [6.45, 7) is 9.76. The van der Waals surface area contributed by atoms with E-state index in [-0.39, 0.29) is 19.1 Å². The van der Waals surface area contributed by atoms with E-state index < -0.39 is 53.9 Å². The van der Waals surface area contributed by atoms with Gasteiger partial charge < -0.3 is 35.3 Å². The van der Waals surface area contributed by atoms with E-state index in [2.05, 4.69) is 16.0 Å². The normalized spacial score (nSPS) is 14.2. The van der Waals surface area contributed by atoms with E-state index in [1.54, 1.807) is 41.5 Å². The molecule has 0 radical (unpaired) electrons. The molecule has 0 heterocycles. The molecule has 11 nitrogen and oxygen atoms in total. The quantitative estimate of drug-likeness (QED) is 0.337. The van der Waals surface area contributed by atoms with Crippen LogP contribution in [0.4, 0.5) is 9.59 Å². The molecule has 0 aliphatic heterocycles. The Labute approximate surface area is 239 Å². The first-order valence-electron chi connectivity index (χ1n) is 13.4. The summed E-state index contributed by atoms with van der Waals surface area (Å²) >= 11 is 0. The predicted molar refractivity (Wildman–Crippen MR) is 152 cm³/mol. The van der Waals surface area contributed by atoms with E-state index in [4.69, 9.17) is 14.2 Å². The number of benzene rings is 2. The number of hydrogen-bond acceptors (Lipinski definition) is 7. The van der Waals surface area contributed by atoms with Crippen LogP contribution >= 0.6 is 0 Å². The molecule has 1 aliphatic carbocycles. The van der Waals surface area contributed by atoms with Crippen LogP contribution < -0.4 is 16.0 Å². The number of carbonyl (C=O) groups is 4. The molecule has 222 valence electrons. The number of carboxylic acids is 1. The Morgan fingerprint density at radius 3 is 1.85 bits per heavy atom. The Balaban J connectivity index is 1.59. The number of alkyl carbamates (subject to hydrolysis) is 2. The number of amides is 3. The molecule has 3 amide bonds. The average Bonchev–Trinajstić information content (AvgIpc) is 3.19. The van der Waals surface area contributed by atoms with Crippen molar-refractivity contribution in [2.24, 2.45) is 0 Å². The van der Waals surface area contributed by atoms with Gasteiger partial charge in [0, 0.05) is 12.5 Å². The summed E-state index contributed by atoms with van der Waals surface area (Å²) < 4.78 is 16.3. The molecule has 2 unspecified atom stereocenters. The Kier molecular flexibility index (Phi) is 9.98. The number of ether oxygens (including phenoxy) is 3. The van der Waals surface area contributed by atoms with Crippen molar-refractivity contribution in [3.63, 3.8) is 0 Å². The highest BCUT2D eigenvalue weighted by molar-refractivity contribution is 5.87. The summed E-state index contributed by atoms with van der Waals surface area (Å²) in [5, 5.41) is 16.9. The lowest BCUT2D eigenvalue weighted by Crippen LogP contribution is -2.55. The van der Waals surface area contributed by atoms with Crippen molar-refractivity contribution >= 4 is 24.1 Å². The van der Waals surface area contributed by atoms with Crippen LogP contribution in [-0.4, -0.2) is 72.2 Å². The van der Waals surface area contributed by atoms with Gasteiger partial charge in [-0.1, -0.05) is 48.5 Å². The minimum absolute atomic E-state index is 0.00455. The lowest BCUT2D eigenvalue weighted by Gasteiger charge is -2.26. The van der Waals surface area contributed by atoms with E-state index in [0.29, 0.717) is 0 Å². The molecule has 4 N–H and O–H groups in total. The summed E-state index contributed by atoms with van der Waals surface area (Å²) in [7, 11) is 0. The fourth-order valence-corrected chi connectivity index (χ4v) is 4.27. The number of carbonyl (C=O) groups excluding carboxylic acids is 3. The molecular formula is C30H39N3O8. The molecule has 0 saturated carbocycles. The van der Waals surface area contributed by atoms with Crippen LogP contribution in [0, 0.1) is 0 Å². The lowest BCUT2D eigenvalue weighted by molar-refractivity contribution is -0.139. The summed E-state index contributed by atoms with van der Waals surface area (Å²) in [6, 6.07) is 13.0. The van der Waals surface area contributed by atoms with Crippen LogP contribution in [0.15, 0.2) is 48.5 Å². The lowest BCUT2D eigenvalue weighted by atomic mass is 9.98. The first kappa shape index (κ1) is 31.4. The predicted octanol–water partition coefficient (Wildman–Crippen LogP) is 3.80. The Hall–Kier alpha value is -4.12. The summed E-state index contributed by atoms with van der Waals surface area (Å²) in [5.74, 6) is -2.28. The zero-order valence-corrected chi connectivity index (χ0v) is 24.3. The highest BCUT2D eigenvalue weighted by Crippen LogP contribution is 2.44. The maximum absolute atomic E-state index is 12.9. The topological polar surface area (TPSA) is 152 Å². The van der Waals surface area contributed by atoms with Crippen LogP contribution in [-0.2, 0) is 23.8 Å². The van der Waals surface area contributed by atoms with E-state index in [1.807, 2.05) is 48.5 Å². The zero-order valence-electron chi connectivity index (χ0n) is 24.3. The van der Waals surface area contributed by atoms with Gasteiger partial charge in [0.05, 0.1) is 12.2 Å². The third-order valence-electron chi connectivity index (χ3n) is 6.10. The van der Waals surface area contributed by atoms with Crippen molar-refractivity contribution < 1.29 is 38.5 Å². The van der Waals surface area contributed by atoms with Crippen LogP contribution in [0.25, 0.3) is 11.1 Å². The minimum Gasteiger partial charge on any atom is -0.480 e. The van der Waals surface area contributed by atoms with Gasteiger partial charge in [-0.05, 0) is 63.8 Å². The molecule has 0 saturated heterocycles. The standard InChI is InChI=1S/C30H39N3O8/c1-29(2,3)40-17-24(33-28(38)41-30(4,5)6)25(34)31-15-23(26(35)36)32-27(37)39-16-22-20-13-9-7-11-18(20)19-12-8-10-14-21(19)22/h7-14,22-24H,15-17H2,1-6H3,(H,31,34)(H,32,37)(H,33,38)(H,35,36). The van der Waals surface area contributed by atoms with Gasteiger partial charge in [0.1, 0.15) is 24.3 Å². The van der Waals surface area contributed by atoms with Crippen molar-refractivity contribution in [2.45, 2.75) is 70.7 Å². The number of rotatable bonds is 10. The van der Waals surface area contributed by atoms with Gasteiger partial charge in [-0.25, -0.2) is 14.4 Å². The van der Waals surface area contributed by atoms with Crippen molar-refractivity contribution in [3.8, 4) is 11.1 Å². The van der Waals surface area contributed by atoms with Crippen LogP contribution in [0.3, 0.4) is 0 Å². The van der Waals surface area contributed by atoms with Gasteiger partial charge in [0.15, 0.2) is 0 Å². The van der Waals surface area contributed by atoms with Gasteiger partial charge in [-0.15, -0.1) is 0 Å². The van der Waals surface area contributed by atoms with Gasteiger partial charge in [0.2, 0.25) is 5.91 Å². The summed E-state index contributed by atoms with van der Waals surface area (Å²) in [4.78, 5) is 49.7. The fourth-order valence-electron chi connectivity index (χ4n) is 4.27. The largest absolute Gasteiger partial charge is 0.480 e. The Morgan fingerprint density at radius 1 is 0.805 bits per heavy atom. The maximum atomic E-state index is 12.9. The third kappa shape index (κ3) is 9.21. The third-order valence-corrected chi connectivity index (χ3v) is 6.10. The number of fused-ring (bicyclic) bond motifs is 3. The van der Waals surface area contributed by atoms with Crippen LogP contribution in [0.1, 0.15) is 58.6 Å². The van der Waals surface area contributed by atoms with E-state index >= 15 is 0 Å². The van der Waals surface area contributed by atoms with E-state index in [9.17, 15) is 24.3 Å². The molecule has 2 atom stereocenters. The molecule has 0 fully saturated rings. The van der Waals surface area contributed by atoms with Crippen molar-refractivity contribution in [1.82, 2.24) is 16.0 Å². The second kappa shape index (κ2) is 13.0. The summed E-state index contributed by atoms with van der Waals surface area (Å²) in [6.07, 6.45) is -1.77. The first-order valence-corrected chi connectivity index (χ1v) is 13.4. The van der Waals surface area contributed by atoms with Gasteiger partial charge in [0.25, 0.3) is 0 Å². The second-order valence-corrected chi connectivity index (χ2v) is 11.7. The van der Waals surface area contributed by atoms with Gasteiger partial charge in [-0.2, -0.15) is 0 Å². The fraction of sp³-hybridized carbons (Fsp3) is 0.467. The smallest absolute Gasteiger partial charge is 0.408 e. The molecule has 41 heavy (non-hydrogen) atoms. The van der Waals surface area contributed by atoms with Gasteiger partial charge in [-0.3, -0.25) is 4.79 Å². The number of aliphatic carboxylic acids is 1.